The third-order valence-electron chi connectivity index (χ3n) is 3.36. The van der Waals surface area contributed by atoms with Crippen LogP contribution < -0.4 is 11.1 Å². The van der Waals surface area contributed by atoms with Gasteiger partial charge >= 0.3 is 0 Å². The van der Waals surface area contributed by atoms with Crippen LogP contribution in [0.1, 0.15) is 38.4 Å². The zero-order chi connectivity index (χ0) is 13.0. The second-order valence-electron chi connectivity index (χ2n) is 4.64. The van der Waals surface area contributed by atoms with Gasteiger partial charge in [-0.25, -0.2) is 0 Å². The van der Waals surface area contributed by atoms with E-state index in [0.717, 1.165) is 17.5 Å². The normalized spacial score (nSPS) is 23.9. The van der Waals surface area contributed by atoms with E-state index in [1.54, 1.807) is 0 Å². The quantitative estimate of drug-likeness (QED) is 0.870. The molecule has 1 saturated carbocycles. The predicted octanol–water partition coefficient (Wildman–Crippen LogP) is 2.10. The molecule has 0 unspecified atom stereocenters. The molecule has 0 aromatic carbocycles. The maximum atomic E-state index is 5.68. The summed E-state index contributed by atoms with van der Waals surface area (Å²) in [5, 5.41) is 4.21. The molecular formula is C12H21N5S. The summed E-state index contributed by atoms with van der Waals surface area (Å²) in [7, 11) is 0. The molecule has 0 aliphatic heterocycles. The average molecular weight is 267 g/mol. The number of aryl methyl sites for hydroxylation is 1. The van der Waals surface area contributed by atoms with Crippen molar-refractivity contribution < 1.29 is 0 Å². The Hall–Kier alpha value is -1.04. The topological polar surface area (TPSA) is 76.7 Å². The van der Waals surface area contributed by atoms with Gasteiger partial charge in [-0.3, -0.25) is 0 Å². The number of hydrogen-bond donors (Lipinski definition) is 2. The Balaban J connectivity index is 1.95. The van der Waals surface area contributed by atoms with Crippen LogP contribution in [-0.2, 0) is 6.42 Å². The molecule has 1 heterocycles. The molecule has 0 bridgehead atoms. The Bertz CT molecular complexity index is 390. The molecule has 100 valence electrons. The molecule has 18 heavy (non-hydrogen) atoms. The van der Waals surface area contributed by atoms with Gasteiger partial charge in [0.25, 0.3) is 0 Å². The maximum Gasteiger partial charge on any atom is 0.227 e. The maximum absolute atomic E-state index is 5.68. The Morgan fingerprint density at radius 3 is 2.56 bits per heavy atom. The highest BCUT2D eigenvalue weighted by Crippen LogP contribution is 2.28. The molecule has 0 atom stereocenters. The Labute approximate surface area is 112 Å². The predicted molar refractivity (Wildman–Crippen MR) is 76.8 cm³/mol. The molecule has 1 aliphatic rings. The summed E-state index contributed by atoms with van der Waals surface area (Å²) in [6.07, 6.45) is 7.86. The minimum atomic E-state index is 0.308. The molecule has 1 fully saturated rings. The molecule has 1 aromatic rings. The van der Waals surface area contributed by atoms with Crippen molar-refractivity contribution in [1.29, 1.82) is 0 Å². The van der Waals surface area contributed by atoms with E-state index in [0.29, 0.717) is 17.9 Å². The Kier molecular flexibility index (Phi) is 4.63. The van der Waals surface area contributed by atoms with Gasteiger partial charge in [0, 0.05) is 17.7 Å². The fourth-order valence-electron chi connectivity index (χ4n) is 2.29. The third-order valence-corrected chi connectivity index (χ3v) is 4.49. The summed E-state index contributed by atoms with van der Waals surface area (Å²) >= 11 is 1.97. The van der Waals surface area contributed by atoms with Gasteiger partial charge in [-0.15, -0.1) is 0 Å². The third kappa shape index (κ3) is 3.48. The number of rotatable bonds is 4. The SMILES string of the molecule is CCc1nc(N)nc(NC2CCC(SC)CC2)n1. The van der Waals surface area contributed by atoms with E-state index >= 15 is 0 Å². The number of nitrogen functional groups attached to an aromatic ring is 1. The molecular weight excluding hydrogens is 246 g/mol. The van der Waals surface area contributed by atoms with E-state index in [4.69, 9.17) is 5.73 Å². The van der Waals surface area contributed by atoms with Crippen LogP contribution >= 0.6 is 11.8 Å². The van der Waals surface area contributed by atoms with E-state index in [1.807, 2.05) is 18.7 Å². The average Bonchev–Trinajstić information content (AvgIpc) is 2.39. The van der Waals surface area contributed by atoms with Crippen LogP contribution in [0.5, 0.6) is 0 Å². The highest BCUT2D eigenvalue weighted by atomic mass is 32.2. The highest BCUT2D eigenvalue weighted by Gasteiger charge is 2.21. The molecule has 0 amide bonds. The first-order chi connectivity index (χ1) is 8.71. The van der Waals surface area contributed by atoms with Crippen molar-refractivity contribution in [1.82, 2.24) is 15.0 Å². The lowest BCUT2D eigenvalue weighted by atomic mass is 9.95. The second kappa shape index (κ2) is 6.22. The fraction of sp³-hybridized carbons (Fsp3) is 0.750. The molecule has 0 radical (unpaired) electrons. The number of nitrogens with zero attached hydrogens (tertiary/aromatic N) is 3. The lowest BCUT2D eigenvalue weighted by Crippen LogP contribution is -2.28. The van der Waals surface area contributed by atoms with Crippen molar-refractivity contribution >= 4 is 23.7 Å². The number of thioether (sulfide) groups is 1. The summed E-state index contributed by atoms with van der Waals surface area (Å²) in [6.45, 7) is 2.02. The summed E-state index contributed by atoms with van der Waals surface area (Å²) < 4.78 is 0. The Morgan fingerprint density at radius 1 is 1.22 bits per heavy atom. The molecule has 6 heteroatoms. The number of nitrogens with two attached hydrogens (primary N) is 1. The van der Waals surface area contributed by atoms with Crippen molar-refractivity contribution in [2.24, 2.45) is 0 Å². The zero-order valence-corrected chi connectivity index (χ0v) is 11.8. The van der Waals surface area contributed by atoms with Gasteiger partial charge in [0.2, 0.25) is 11.9 Å². The molecule has 5 nitrogen and oxygen atoms in total. The van der Waals surface area contributed by atoms with Gasteiger partial charge in [-0.05, 0) is 31.9 Å². The standard InChI is InChI=1S/C12H21N5S/c1-3-10-15-11(13)17-12(16-10)14-8-4-6-9(18-2)7-5-8/h8-9H,3-7H2,1-2H3,(H3,13,14,15,16,17). The van der Waals surface area contributed by atoms with E-state index in [2.05, 4.69) is 26.5 Å². The fourth-order valence-corrected chi connectivity index (χ4v) is 3.03. The van der Waals surface area contributed by atoms with Crippen molar-refractivity contribution in [2.45, 2.75) is 50.3 Å². The van der Waals surface area contributed by atoms with E-state index in [-0.39, 0.29) is 0 Å². The van der Waals surface area contributed by atoms with Crippen LogP contribution in [0.15, 0.2) is 0 Å². The molecule has 1 aromatic heterocycles. The van der Waals surface area contributed by atoms with Gasteiger partial charge < -0.3 is 11.1 Å². The summed E-state index contributed by atoms with van der Waals surface area (Å²) in [5.41, 5.74) is 5.68. The van der Waals surface area contributed by atoms with E-state index in [9.17, 15) is 0 Å². The Morgan fingerprint density at radius 2 is 1.94 bits per heavy atom. The number of hydrogen-bond acceptors (Lipinski definition) is 6. The zero-order valence-electron chi connectivity index (χ0n) is 11.0. The van der Waals surface area contributed by atoms with Crippen LogP contribution in [0, 0.1) is 0 Å². The summed E-state index contributed by atoms with van der Waals surface area (Å²) in [6, 6.07) is 0.472. The van der Waals surface area contributed by atoms with Crippen LogP contribution in [-0.4, -0.2) is 32.5 Å². The lowest BCUT2D eigenvalue weighted by molar-refractivity contribution is 0.471. The number of anilines is 2. The molecule has 0 spiro atoms. The monoisotopic (exact) mass is 267 g/mol. The van der Waals surface area contributed by atoms with Crippen LogP contribution in [0.2, 0.25) is 0 Å². The van der Waals surface area contributed by atoms with Gasteiger partial charge in [0.05, 0.1) is 0 Å². The van der Waals surface area contributed by atoms with Gasteiger partial charge in [0.15, 0.2) is 0 Å². The highest BCUT2D eigenvalue weighted by molar-refractivity contribution is 7.99. The van der Waals surface area contributed by atoms with Crippen LogP contribution in [0.3, 0.4) is 0 Å². The van der Waals surface area contributed by atoms with Crippen LogP contribution in [0.25, 0.3) is 0 Å². The smallest absolute Gasteiger partial charge is 0.227 e. The lowest BCUT2D eigenvalue weighted by Gasteiger charge is -2.28. The minimum absolute atomic E-state index is 0.308. The van der Waals surface area contributed by atoms with E-state index in [1.165, 1.54) is 25.7 Å². The molecule has 3 N–H and O–H groups in total. The molecule has 1 aliphatic carbocycles. The first kappa shape index (κ1) is 13.4. The van der Waals surface area contributed by atoms with Crippen molar-refractivity contribution in [3.05, 3.63) is 5.82 Å². The van der Waals surface area contributed by atoms with E-state index < -0.39 is 0 Å². The molecule has 0 saturated heterocycles. The van der Waals surface area contributed by atoms with Crippen LogP contribution in [0.4, 0.5) is 11.9 Å². The number of nitrogens with one attached hydrogen (secondary N) is 1. The largest absolute Gasteiger partial charge is 0.368 e. The first-order valence-electron chi connectivity index (χ1n) is 6.51. The number of aromatic nitrogens is 3. The minimum Gasteiger partial charge on any atom is -0.368 e. The van der Waals surface area contributed by atoms with Crippen molar-refractivity contribution in [3.8, 4) is 0 Å². The summed E-state index contributed by atoms with van der Waals surface area (Å²) in [5.74, 6) is 1.69. The summed E-state index contributed by atoms with van der Waals surface area (Å²) in [4.78, 5) is 12.6. The van der Waals surface area contributed by atoms with Gasteiger partial charge in [0.1, 0.15) is 5.82 Å². The molecule has 2 rings (SSSR count). The second-order valence-corrected chi connectivity index (χ2v) is 5.78. The van der Waals surface area contributed by atoms with Gasteiger partial charge in [-0.2, -0.15) is 26.7 Å². The van der Waals surface area contributed by atoms with Gasteiger partial charge in [-0.1, -0.05) is 6.92 Å². The first-order valence-corrected chi connectivity index (χ1v) is 7.79. The van der Waals surface area contributed by atoms with Crippen molar-refractivity contribution in [3.63, 3.8) is 0 Å². The van der Waals surface area contributed by atoms with Crippen molar-refractivity contribution in [2.75, 3.05) is 17.3 Å².